The summed E-state index contributed by atoms with van der Waals surface area (Å²) in [5, 5.41) is 0.700. The van der Waals surface area contributed by atoms with Gasteiger partial charge in [0.2, 0.25) is 0 Å². The fourth-order valence-electron chi connectivity index (χ4n) is 2.91. The van der Waals surface area contributed by atoms with Gasteiger partial charge >= 0.3 is 0 Å². The van der Waals surface area contributed by atoms with Crippen LogP contribution in [-0.4, -0.2) is 49.6 Å². The van der Waals surface area contributed by atoms with Gasteiger partial charge in [-0.25, -0.2) is 4.98 Å². The number of hydrogen-bond acceptors (Lipinski definition) is 5. The minimum Gasteiger partial charge on any atom is -0.492 e. The Hall–Kier alpha value is -1.96. The van der Waals surface area contributed by atoms with E-state index >= 15 is 0 Å². The van der Waals surface area contributed by atoms with Crippen molar-refractivity contribution in [3.8, 4) is 5.75 Å². The van der Waals surface area contributed by atoms with Gasteiger partial charge < -0.3 is 9.64 Å². The Morgan fingerprint density at radius 3 is 2.68 bits per heavy atom. The van der Waals surface area contributed by atoms with Crippen LogP contribution in [-0.2, 0) is 0 Å². The van der Waals surface area contributed by atoms with Crippen LogP contribution in [0.3, 0.4) is 0 Å². The van der Waals surface area contributed by atoms with Crippen molar-refractivity contribution in [2.24, 2.45) is 0 Å². The third-order valence-electron chi connectivity index (χ3n) is 4.21. The largest absolute Gasteiger partial charge is 0.492 e. The van der Waals surface area contributed by atoms with Gasteiger partial charge in [0.05, 0.1) is 11.3 Å². The maximum Gasteiger partial charge on any atom is 0.260 e. The molecule has 3 aromatic rings. The van der Waals surface area contributed by atoms with Crippen molar-refractivity contribution in [2.45, 2.75) is 13.3 Å². The molecule has 0 aliphatic carbocycles. The van der Waals surface area contributed by atoms with E-state index in [2.05, 4.69) is 20.8 Å². The molecule has 148 valence electrons. The molecular formula is C21H24BrN3O2S. The number of carbonyl (C=O) groups excluding carboxylic acids is 1. The van der Waals surface area contributed by atoms with E-state index < -0.39 is 0 Å². The summed E-state index contributed by atoms with van der Waals surface area (Å²) in [5.74, 6) is 0.711. The lowest BCUT2D eigenvalue weighted by atomic mass is 10.2. The van der Waals surface area contributed by atoms with Crippen molar-refractivity contribution in [1.29, 1.82) is 0 Å². The van der Waals surface area contributed by atoms with E-state index in [9.17, 15) is 4.79 Å². The summed E-state index contributed by atoms with van der Waals surface area (Å²) in [6.45, 7) is 4.04. The van der Waals surface area contributed by atoms with E-state index in [-0.39, 0.29) is 5.91 Å². The van der Waals surface area contributed by atoms with Gasteiger partial charge in [0.1, 0.15) is 11.3 Å². The summed E-state index contributed by atoms with van der Waals surface area (Å²) in [4.78, 5) is 22.0. The van der Waals surface area contributed by atoms with E-state index in [1.54, 1.807) is 4.90 Å². The number of thiazole rings is 1. The summed E-state index contributed by atoms with van der Waals surface area (Å²) in [5.41, 5.74) is 1.45. The normalized spacial score (nSPS) is 11.2. The molecule has 0 fully saturated rings. The van der Waals surface area contributed by atoms with Crippen molar-refractivity contribution in [1.82, 2.24) is 9.88 Å². The smallest absolute Gasteiger partial charge is 0.260 e. The minimum atomic E-state index is -0.0444. The summed E-state index contributed by atoms with van der Waals surface area (Å²) < 4.78 is 7.61. The molecule has 0 bridgehead atoms. The van der Waals surface area contributed by atoms with Gasteiger partial charge in [-0.3, -0.25) is 9.69 Å². The zero-order valence-corrected chi connectivity index (χ0v) is 18.7. The lowest BCUT2D eigenvalue weighted by Gasteiger charge is -2.21. The van der Waals surface area contributed by atoms with Crippen LogP contribution in [0.4, 0.5) is 5.13 Å². The quantitative estimate of drug-likeness (QED) is 0.470. The highest BCUT2D eigenvalue weighted by molar-refractivity contribution is 9.10. The van der Waals surface area contributed by atoms with Crippen LogP contribution in [0.15, 0.2) is 46.9 Å². The van der Waals surface area contributed by atoms with Gasteiger partial charge in [-0.1, -0.05) is 39.4 Å². The van der Waals surface area contributed by atoms with Gasteiger partial charge in [0.15, 0.2) is 5.13 Å². The zero-order chi connectivity index (χ0) is 20.1. The number of hydrogen-bond donors (Lipinski definition) is 0. The van der Waals surface area contributed by atoms with E-state index in [0.717, 1.165) is 33.4 Å². The number of amides is 1. The first-order chi connectivity index (χ1) is 13.5. The topological polar surface area (TPSA) is 45.7 Å². The Balaban J connectivity index is 1.97. The molecule has 0 saturated carbocycles. The standard InChI is InChI=1S/C21H24BrN3O2S/c1-4-27-17-10-6-11-18-19(17)23-21(28-18)25(13-7-12-24(2)3)20(26)15-8-5-9-16(22)14-15/h5-6,8-11,14H,4,7,12-13H2,1-3H3. The fraction of sp³-hybridized carbons (Fsp3) is 0.333. The second-order valence-electron chi connectivity index (χ2n) is 6.66. The monoisotopic (exact) mass is 461 g/mol. The number of para-hydroxylation sites is 1. The van der Waals surface area contributed by atoms with Crippen molar-refractivity contribution >= 4 is 48.5 Å². The number of ether oxygens (including phenoxy) is 1. The van der Waals surface area contributed by atoms with Gasteiger partial charge in [0, 0.05) is 16.6 Å². The van der Waals surface area contributed by atoms with Gasteiger partial charge in [-0.15, -0.1) is 0 Å². The molecular weight excluding hydrogens is 438 g/mol. The number of anilines is 1. The average molecular weight is 462 g/mol. The highest BCUT2D eigenvalue weighted by Crippen LogP contribution is 2.35. The predicted octanol–water partition coefficient (Wildman–Crippen LogP) is 5.06. The second-order valence-corrected chi connectivity index (χ2v) is 8.58. The maximum atomic E-state index is 13.3. The lowest BCUT2D eigenvalue weighted by molar-refractivity contribution is 0.0986. The Bertz CT molecular complexity index is 958. The molecule has 0 N–H and O–H groups in total. The van der Waals surface area contributed by atoms with Gasteiger partial charge in [0.25, 0.3) is 5.91 Å². The maximum absolute atomic E-state index is 13.3. The summed E-state index contributed by atoms with van der Waals surface area (Å²) in [7, 11) is 4.07. The Kier molecular flexibility index (Phi) is 7.04. The molecule has 1 aromatic heterocycles. The number of fused-ring (bicyclic) bond motifs is 1. The highest BCUT2D eigenvalue weighted by Gasteiger charge is 2.22. The van der Waals surface area contributed by atoms with Crippen molar-refractivity contribution in [2.75, 3.05) is 38.7 Å². The molecule has 0 atom stereocenters. The number of rotatable bonds is 8. The summed E-state index contributed by atoms with van der Waals surface area (Å²) >= 11 is 4.98. The molecule has 0 spiro atoms. The summed E-state index contributed by atoms with van der Waals surface area (Å²) in [6, 6.07) is 13.4. The van der Waals surface area contributed by atoms with E-state index in [1.165, 1.54) is 11.3 Å². The van der Waals surface area contributed by atoms with Crippen LogP contribution >= 0.6 is 27.3 Å². The van der Waals surface area contributed by atoms with Crippen molar-refractivity contribution in [3.05, 3.63) is 52.5 Å². The van der Waals surface area contributed by atoms with Crippen LogP contribution in [0.25, 0.3) is 10.2 Å². The van der Waals surface area contributed by atoms with Crippen LogP contribution in [0, 0.1) is 0 Å². The molecule has 0 radical (unpaired) electrons. The fourth-order valence-corrected chi connectivity index (χ4v) is 4.31. The molecule has 0 unspecified atom stereocenters. The Labute approximate surface area is 178 Å². The van der Waals surface area contributed by atoms with E-state index in [0.29, 0.717) is 23.8 Å². The first-order valence-electron chi connectivity index (χ1n) is 9.24. The van der Waals surface area contributed by atoms with E-state index in [4.69, 9.17) is 9.72 Å². The SMILES string of the molecule is CCOc1cccc2sc(N(CCCN(C)C)C(=O)c3cccc(Br)c3)nc12. The van der Waals surface area contributed by atoms with Gasteiger partial charge in [-0.2, -0.15) is 0 Å². The zero-order valence-electron chi connectivity index (χ0n) is 16.3. The molecule has 1 heterocycles. The molecule has 1 amide bonds. The average Bonchev–Trinajstić information content (AvgIpc) is 3.09. The molecule has 0 aliphatic rings. The third kappa shape index (κ3) is 4.90. The van der Waals surface area contributed by atoms with Crippen molar-refractivity contribution < 1.29 is 9.53 Å². The van der Waals surface area contributed by atoms with Crippen LogP contribution < -0.4 is 9.64 Å². The molecule has 7 heteroatoms. The number of nitrogens with zero attached hydrogens (tertiary/aromatic N) is 3. The van der Waals surface area contributed by atoms with Gasteiger partial charge in [-0.05, 0) is 64.3 Å². The van der Waals surface area contributed by atoms with Crippen LogP contribution in [0.2, 0.25) is 0 Å². The molecule has 28 heavy (non-hydrogen) atoms. The number of halogens is 1. The third-order valence-corrected chi connectivity index (χ3v) is 5.74. The summed E-state index contributed by atoms with van der Waals surface area (Å²) in [6.07, 6.45) is 0.862. The Morgan fingerprint density at radius 2 is 1.96 bits per heavy atom. The van der Waals surface area contributed by atoms with Crippen molar-refractivity contribution in [3.63, 3.8) is 0 Å². The lowest BCUT2D eigenvalue weighted by Crippen LogP contribution is -2.33. The molecule has 5 nitrogen and oxygen atoms in total. The minimum absolute atomic E-state index is 0.0444. The molecule has 3 rings (SSSR count). The molecule has 0 aliphatic heterocycles. The predicted molar refractivity (Wildman–Crippen MR) is 120 cm³/mol. The Morgan fingerprint density at radius 1 is 1.18 bits per heavy atom. The van der Waals surface area contributed by atoms with Crippen LogP contribution in [0.5, 0.6) is 5.75 Å². The highest BCUT2D eigenvalue weighted by atomic mass is 79.9. The van der Waals surface area contributed by atoms with Crippen LogP contribution in [0.1, 0.15) is 23.7 Å². The number of benzene rings is 2. The number of carbonyl (C=O) groups is 1. The van der Waals surface area contributed by atoms with E-state index in [1.807, 2.05) is 63.5 Å². The molecule has 0 saturated heterocycles. The molecule has 2 aromatic carbocycles. The first-order valence-corrected chi connectivity index (χ1v) is 10.8. The first kappa shape index (κ1) is 20.8. The number of aromatic nitrogens is 1. The second kappa shape index (κ2) is 9.49.